The molecule has 0 aliphatic heterocycles. The van der Waals surface area contributed by atoms with Gasteiger partial charge in [0.2, 0.25) is 0 Å². The average Bonchev–Trinajstić information content (AvgIpc) is 2.57. The van der Waals surface area contributed by atoms with Crippen LogP contribution in [-0.2, 0) is 0 Å². The second-order valence-electron chi connectivity index (χ2n) is 4.01. The van der Waals surface area contributed by atoms with Gasteiger partial charge in [0.05, 0.1) is 6.04 Å². The fourth-order valence-corrected chi connectivity index (χ4v) is 2.48. The zero-order valence-electron chi connectivity index (χ0n) is 9.63. The van der Waals surface area contributed by atoms with E-state index in [0.717, 1.165) is 22.6 Å². The van der Waals surface area contributed by atoms with E-state index in [2.05, 4.69) is 15.9 Å². The molecule has 1 aromatic heterocycles. The highest BCUT2D eigenvalue weighted by molar-refractivity contribution is 9.10. The second kappa shape index (κ2) is 4.63. The molecular formula is C13H13BrFNO. The molecule has 1 aromatic carbocycles. The number of benzene rings is 1. The van der Waals surface area contributed by atoms with Gasteiger partial charge in [-0.3, -0.25) is 0 Å². The van der Waals surface area contributed by atoms with Gasteiger partial charge in [0.15, 0.2) is 0 Å². The molecule has 2 nitrogen and oxygen atoms in total. The third-order valence-corrected chi connectivity index (χ3v) is 3.40. The molecule has 2 aromatic rings. The van der Waals surface area contributed by atoms with Crippen LogP contribution in [0.2, 0.25) is 0 Å². The van der Waals surface area contributed by atoms with Crippen LogP contribution in [0.5, 0.6) is 0 Å². The van der Waals surface area contributed by atoms with Crippen LogP contribution in [0.25, 0.3) is 0 Å². The van der Waals surface area contributed by atoms with Gasteiger partial charge >= 0.3 is 0 Å². The summed E-state index contributed by atoms with van der Waals surface area (Å²) in [7, 11) is 0. The largest absolute Gasteiger partial charge is 0.466 e. The zero-order valence-corrected chi connectivity index (χ0v) is 11.2. The maximum absolute atomic E-state index is 13.0. The summed E-state index contributed by atoms with van der Waals surface area (Å²) in [5, 5.41) is 0. The number of rotatable bonds is 2. The van der Waals surface area contributed by atoms with Gasteiger partial charge in [-0.15, -0.1) is 0 Å². The van der Waals surface area contributed by atoms with Crippen LogP contribution in [0, 0.1) is 19.7 Å². The summed E-state index contributed by atoms with van der Waals surface area (Å²) in [4.78, 5) is 0. The van der Waals surface area contributed by atoms with Crippen LogP contribution < -0.4 is 5.73 Å². The molecule has 17 heavy (non-hydrogen) atoms. The Morgan fingerprint density at radius 3 is 2.47 bits per heavy atom. The Labute approximate surface area is 108 Å². The Kier molecular flexibility index (Phi) is 3.35. The van der Waals surface area contributed by atoms with Crippen molar-refractivity contribution in [2.24, 2.45) is 5.73 Å². The molecule has 0 saturated carbocycles. The van der Waals surface area contributed by atoms with E-state index in [-0.39, 0.29) is 11.9 Å². The van der Waals surface area contributed by atoms with E-state index in [9.17, 15) is 4.39 Å². The molecule has 1 unspecified atom stereocenters. The maximum Gasteiger partial charge on any atom is 0.124 e. The molecule has 1 heterocycles. The summed E-state index contributed by atoms with van der Waals surface area (Å²) in [5.41, 5.74) is 7.94. The number of nitrogens with two attached hydrogens (primary N) is 1. The lowest BCUT2D eigenvalue weighted by Gasteiger charge is -2.13. The smallest absolute Gasteiger partial charge is 0.124 e. The van der Waals surface area contributed by atoms with Crippen molar-refractivity contribution in [1.82, 2.24) is 0 Å². The Morgan fingerprint density at radius 2 is 1.94 bits per heavy atom. The fraction of sp³-hybridized carbons (Fsp3) is 0.231. The monoisotopic (exact) mass is 297 g/mol. The van der Waals surface area contributed by atoms with Gasteiger partial charge in [0, 0.05) is 10.0 Å². The molecule has 0 amide bonds. The molecule has 2 rings (SSSR count). The lowest BCUT2D eigenvalue weighted by atomic mass is 10.00. The van der Waals surface area contributed by atoms with Crippen molar-refractivity contribution in [3.05, 3.63) is 57.2 Å². The van der Waals surface area contributed by atoms with E-state index >= 15 is 0 Å². The number of furan rings is 1. The van der Waals surface area contributed by atoms with Gasteiger partial charge < -0.3 is 10.2 Å². The van der Waals surface area contributed by atoms with Crippen LogP contribution in [0.1, 0.15) is 28.7 Å². The molecule has 2 N–H and O–H groups in total. The fourth-order valence-electron chi connectivity index (χ4n) is 1.88. The van der Waals surface area contributed by atoms with Crippen molar-refractivity contribution in [2.75, 3.05) is 0 Å². The average molecular weight is 298 g/mol. The summed E-state index contributed by atoms with van der Waals surface area (Å²) in [5.74, 6) is 1.34. The number of aryl methyl sites for hydroxylation is 2. The minimum atomic E-state index is -0.317. The second-order valence-corrected chi connectivity index (χ2v) is 4.87. The van der Waals surface area contributed by atoms with Crippen molar-refractivity contribution in [3.8, 4) is 0 Å². The van der Waals surface area contributed by atoms with Gasteiger partial charge in [-0.2, -0.15) is 0 Å². The van der Waals surface area contributed by atoms with Crippen molar-refractivity contribution in [2.45, 2.75) is 19.9 Å². The van der Waals surface area contributed by atoms with E-state index in [1.807, 2.05) is 19.9 Å². The molecular weight excluding hydrogens is 285 g/mol. The minimum Gasteiger partial charge on any atom is -0.466 e. The molecule has 0 radical (unpaired) electrons. The number of hydrogen-bond donors (Lipinski definition) is 1. The normalized spacial score (nSPS) is 12.8. The predicted molar refractivity (Wildman–Crippen MR) is 68.3 cm³/mol. The van der Waals surface area contributed by atoms with E-state index < -0.39 is 0 Å². The van der Waals surface area contributed by atoms with Gasteiger partial charge in [0.25, 0.3) is 0 Å². The summed E-state index contributed by atoms with van der Waals surface area (Å²) in [6.45, 7) is 3.75. The van der Waals surface area contributed by atoms with Crippen molar-refractivity contribution in [3.63, 3.8) is 0 Å². The van der Waals surface area contributed by atoms with Crippen LogP contribution in [0.3, 0.4) is 0 Å². The third-order valence-electron chi connectivity index (χ3n) is 2.71. The van der Waals surface area contributed by atoms with Crippen molar-refractivity contribution < 1.29 is 8.81 Å². The summed E-state index contributed by atoms with van der Waals surface area (Å²) in [6.07, 6.45) is 0. The highest BCUT2D eigenvalue weighted by Gasteiger charge is 2.17. The van der Waals surface area contributed by atoms with E-state index in [1.165, 1.54) is 12.1 Å². The Balaban J connectivity index is 2.43. The van der Waals surface area contributed by atoms with Crippen molar-refractivity contribution in [1.29, 1.82) is 0 Å². The maximum atomic E-state index is 13.0. The molecule has 0 spiro atoms. The molecule has 1 atom stereocenters. The Morgan fingerprint density at radius 1 is 1.24 bits per heavy atom. The SMILES string of the molecule is Cc1cc(C(N)c2ccc(F)cc2Br)c(C)o1. The molecule has 0 aliphatic carbocycles. The number of halogens is 2. The van der Waals surface area contributed by atoms with Crippen LogP contribution in [0.15, 0.2) is 33.2 Å². The van der Waals surface area contributed by atoms with Gasteiger partial charge in [-0.1, -0.05) is 22.0 Å². The van der Waals surface area contributed by atoms with Gasteiger partial charge in [-0.25, -0.2) is 4.39 Å². The minimum absolute atomic E-state index is 0.284. The molecule has 0 fully saturated rings. The Hall–Kier alpha value is -1.13. The molecule has 0 saturated heterocycles. The highest BCUT2D eigenvalue weighted by atomic mass is 79.9. The van der Waals surface area contributed by atoms with E-state index in [4.69, 9.17) is 10.2 Å². The topological polar surface area (TPSA) is 39.2 Å². The lowest BCUT2D eigenvalue weighted by molar-refractivity contribution is 0.499. The standard InChI is InChI=1S/C13H13BrFNO/c1-7-5-11(8(2)17-7)13(16)10-4-3-9(15)6-12(10)14/h3-6,13H,16H2,1-2H3. The van der Waals surface area contributed by atoms with E-state index in [1.54, 1.807) is 6.07 Å². The first-order valence-corrected chi connectivity index (χ1v) is 6.06. The van der Waals surface area contributed by atoms with E-state index in [0.29, 0.717) is 4.47 Å². The van der Waals surface area contributed by atoms with Crippen LogP contribution in [0.4, 0.5) is 4.39 Å². The molecule has 4 heteroatoms. The van der Waals surface area contributed by atoms with Gasteiger partial charge in [-0.05, 0) is 37.6 Å². The summed E-state index contributed by atoms with van der Waals surface area (Å²) in [6, 6.07) is 6.10. The summed E-state index contributed by atoms with van der Waals surface area (Å²) >= 11 is 3.33. The predicted octanol–water partition coefficient (Wildman–Crippen LogP) is 3.85. The lowest BCUT2D eigenvalue weighted by Crippen LogP contribution is -2.12. The molecule has 0 aliphatic rings. The quantitative estimate of drug-likeness (QED) is 0.914. The van der Waals surface area contributed by atoms with Crippen molar-refractivity contribution >= 4 is 15.9 Å². The molecule has 0 bridgehead atoms. The third kappa shape index (κ3) is 2.42. The first-order chi connectivity index (χ1) is 7.99. The highest BCUT2D eigenvalue weighted by Crippen LogP contribution is 2.30. The molecule has 90 valence electrons. The van der Waals surface area contributed by atoms with Crippen LogP contribution >= 0.6 is 15.9 Å². The number of hydrogen-bond acceptors (Lipinski definition) is 2. The summed E-state index contributed by atoms with van der Waals surface area (Å²) < 4.78 is 19.1. The Bertz CT molecular complexity index is 550. The zero-order chi connectivity index (χ0) is 12.6. The van der Waals surface area contributed by atoms with Gasteiger partial charge in [0.1, 0.15) is 17.3 Å². The first kappa shape index (κ1) is 12.3. The first-order valence-electron chi connectivity index (χ1n) is 5.26. The van der Waals surface area contributed by atoms with Crippen LogP contribution in [-0.4, -0.2) is 0 Å².